The second-order valence-electron chi connectivity index (χ2n) is 6.82. The van der Waals surface area contributed by atoms with E-state index < -0.39 is 10.0 Å². The maximum atomic E-state index is 13.3. The Hall–Kier alpha value is -2.48. The van der Waals surface area contributed by atoms with Crippen molar-refractivity contribution >= 4 is 45.0 Å². The molecule has 0 atom stereocenters. The largest absolute Gasteiger partial charge is 0.354 e. The van der Waals surface area contributed by atoms with Gasteiger partial charge < -0.3 is 5.32 Å². The average Bonchev–Trinajstić information content (AvgIpc) is 2.77. The molecule has 0 aliphatic carbocycles. The Morgan fingerprint density at radius 1 is 1.00 bits per heavy atom. The number of carbonyl (C=O) groups excluding carboxylic acids is 1. The molecule has 3 aromatic rings. The molecule has 3 rings (SSSR count). The summed E-state index contributed by atoms with van der Waals surface area (Å²) in [4.78, 5) is 13.8. The first-order valence-corrected chi connectivity index (χ1v) is 12.5. The SMILES string of the molecule is Cc1cccc(N(CC(=O)NCCSc2ccc(Cl)cc2)S(=O)(=O)c2ccccc2)c1. The quantitative estimate of drug-likeness (QED) is 0.359. The third kappa shape index (κ3) is 6.50. The molecule has 162 valence electrons. The molecule has 1 amide bonds. The third-order valence-electron chi connectivity index (χ3n) is 4.41. The Morgan fingerprint density at radius 3 is 2.39 bits per heavy atom. The number of hydrogen-bond acceptors (Lipinski definition) is 4. The number of halogens is 1. The molecule has 0 spiro atoms. The van der Waals surface area contributed by atoms with Gasteiger partial charge in [-0.1, -0.05) is 41.9 Å². The predicted octanol–water partition coefficient (Wildman–Crippen LogP) is 4.75. The monoisotopic (exact) mass is 474 g/mol. The first-order chi connectivity index (χ1) is 14.9. The number of sulfonamides is 1. The van der Waals surface area contributed by atoms with Crippen molar-refractivity contribution in [3.8, 4) is 0 Å². The molecule has 5 nitrogen and oxygen atoms in total. The summed E-state index contributed by atoms with van der Waals surface area (Å²) < 4.78 is 27.7. The third-order valence-corrected chi connectivity index (χ3v) is 7.47. The molecule has 0 saturated heterocycles. The van der Waals surface area contributed by atoms with Crippen molar-refractivity contribution in [3.05, 3.63) is 89.4 Å². The summed E-state index contributed by atoms with van der Waals surface area (Å²) in [6.45, 7) is 2.00. The van der Waals surface area contributed by atoms with Crippen molar-refractivity contribution in [2.45, 2.75) is 16.7 Å². The van der Waals surface area contributed by atoms with Crippen LogP contribution in [0.5, 0.6) is 0 Å². The highest BCUT2D eigenvalue weighted by atomic mass is 35.5. The molecule has 0 radical (unpaired) electrons. The van der Waals surface area contributed by atoms with Crippen LogP contribution in [-0.2, 0) is 14.8 Å². The Balaban J connectivity index is 1.68. The van der Waals surface area contributed by atoms with Crippen molar-refractivity contribution < 1.29 is 13.2 Å². The van der Waals surface area contributed by atoms with E-state index in [2.05, 4.69) is 5.32 Å². The lowest BCUT2D eigenvalue weighted by molar-refractivity contribution is -0.119. The number of nitrogens with zero attached hydrogens (tertiary/aromatic N) is 1. The smallest absolute Gasteiger partial charge is 0.264 e. The van der Waals surface area contributed by atoms with Gasteiger partial charge in [-0.25, -0.2) is 8.42 Å². The highest BCUT2D eigenvalue weighted by Crippen LogP contribution is 2.24. The van der Waals surface area contributed by atoms with Crippen LogP contribution in [0, 0.1) is 6.92 Å². The molecule has 0 aliphatic heterocycles. The highest BCUT2D eigenvalue weighted by Gasteiger charge is 2.27. The highest BCUT2D eigenvalue weighted by molar-refractivity contribution is 7.99. The summed E-state index contributed by atoms with van der Waals surface area (Å²) in [7, 11) is -3.89. The lowest BCUT2D eigenvalue weighted by Gasteiger charge is -2.24. The van der Waals surface area contributed by atoms with Crippen molar-refractivity contribution in [2.75, 3.05) is 23.1 Å². The van der Waals surface area contributed by atoms with E-state index in [1.807, 2.05) is 37.3 Å². The van der Waals surface area contributed by atoms with E-state index in [0.29, 0.717) is 23.0 Å². The van der Waals surface area contributed by atoms with Crippen LogP contribution in [0.3, 0.4) is 0 Å². The first-order valence-electron chi connectivity index (χ1n) is 9.66. The van der Waals surface area contributed by atoms with Gasteiger partial charge in [-0.2, -0.15) is 0 Å². The number of nitrogens with one attached hydrogen (secondary N) is 1. The molecule has 31 heavy (non-hydrogen) atoms. The number of carbonyl (C=O) groups is 1. The summed E-state index contributed by atoms with van der Waals surface area (Å²) >= 11 is 7.47. The van der Waals surface area contributed by atoms with Crippen LogP contribution in [-0.4, -0.2) is 33.2 Å². The normalized spacial score (nSPS) is 11.2. The molecule has 0 fully saturated rings. The van der Waals surface area contributed by atoms with Gasteiger partial charge in [0.15, 0.2) is 0 Å². The van der Waals surface area contributed by atoms with Crippen LogP contribution in [0.1, 0.15) is 5.56 Å². The molecular formula is C23H23ClN2O3S2. The summed E-state index contributed by atoms with van der Waals surface area (Å²) in [5.74, 6) is 0.293. The minimum atomic E-state index is -3.89. The van der Waals surface area contributed by atoms with Crippen molar-refractivity contribution in [3.63, 3.8) is 0 Å². The summed E-state index contributed by atoms with van der Waals surface area (Å²) in [6, 6.07) is 22.7. The summed E-state index contributed by atoms with van der Waals surface area (Å²) in [5, 5.41) is 3.49. The standard InChI is InChI=1S/C23H23ClN2O3S2/c1-18-6-5-7-20(16-18)26(31(28,29)22-8-3-2-4-9-22)17-23(27)25-14-15-30-21-12-10-19(24)11-13-21/h2-13,16H,14-15,17H2,1H3,(H,25,27). The van der Waals surface area contributed by atoms with E-state index in [-0.39, 0.29) is 17.3 Å². The van der Waals surface area contributed by atoms with E-state index in [0.717, 1.165) is 14.8 Å². The molecule has 0 saturated carbocycles. The number of aryl methyl sites for hydroxylation is 1. The zero-order valence-electron chi connectivity index (χ0n) is 17.0. The zero-order chi connectivity index (χ0) is 22.3. The second-order valence-corrected chi connectivity index (χ2v) is 10.3. The van der Waals surface area contributed by atoms with Crippen molar-refractivity contribution in [1.29, 1.82) is 0 Å². The van der Waals surface area contributed by atoms with Crippen molar-refractivity contribution in [1.82, 2.24) is 5.32 Å². The zero-order valence-corrected chi connectivity index (χ0v) is 19.4. The Bertz CT molecular complexity index is 1120. The van der Waals surface area contributed by atoms with Crippen LogP contribution in [0.2, 0.25) is 5.02 Å². The number of thioether (sulfide) groups is 1. The van der Waals surface area contributed by atoms with E-state index in [1.165, 1.54) is 12.1 Å². The molecule has 3 aromatic carbocycles. The van der Waals surface area contributed by atoms with Gasteiger partial charge in [0.2, 0.25) is 5.91 Å². The van der Waals surface area contributed by atoms with Gasteiger partial charge in [-0.15, -0.1) is 11.8 Å². The van der Waals surface area contributed by atoms with Gasteiger partial charge in [0, 0.05) is 22.2 Å². The van der Waals surface area contributed by atoms with E-state index in [9.17, 15) is 13.2 Å². The van der Waals surface area contributed by atoms with Gasteiger partial charge in [-0.3, -0.25) is 9.10 Å². The second kappa shape index (κ2) is 10.7. The molecular weight excluding hydrogens is 452 g/mol. The number of amides is 1. The van der Waals surface area contributed by atoms with Crippen LogP contribution in [0.4, 0.5) is 5.69 Å². The van der Waals surface area contributed by atoms with Gasteiger partial charge in [-0.05, 0) is 61.0 Å². The van der Waals surface area contributed by atoms with E-state index in [4.69, 9.17) is 11.6 Å². The molecule has 1 N–H and O–H groups in total. The Labute approximate surface area is 192 Å². The fourth-order valence-electron chi connectivity index (χ4n) is 2.89. The first kappa shape index (κ1) is 23.2. The van der Waals surface area contributed by atoms with Crippen LogP contribution >= 0.6 is 23.4 Å². The Morgan fingerprint density at radius 2 is 1.71 bits per heavy atom. The average molecular weight is 475 g/mol. The van der Waals surface area contributed by atoms with Gasteiger partial charge in [0.05, 0.1) is 10.6 Å². The maximum Gasteiger partial charge on any atom is 0.264 e. The minimum Gasteiger partial charge on any atom is -0.354 e. The van der Waals surface area contributed by atoms with Gasteiger partial charge in [0.25, 0.3) is 10.0 Å². The Kier molecular flexibility index (Phi) is 8.01. The number of anilines is 1. The van der Waals surface area contributed by atoms with E-state index in [1.54, 1.807) is 48.2 Å². The molecule has 0 heterocycles. The fourth-order valence-corrected chi connectivity index (χ4v) is 5.22. The van der Waals surface area contributed by atoms with Crippen LogP contribution in [0.25, 0.3) is 0 Å². The summed E-state index contributed by atoms with van der Waals surface area (Å²) in [6.07, 6.45) is 0. The van der Waals surface area contributed by atoms with Gasteiger partial charge in [0.1, 0.15) is 6.54 Å². The fraction of sp³-hybridized carbons (Fsp3) is 0.174. The predicted molar refractivity (Wildman–Crippen MR) is 127 cm³/mol. The summed E-state index contributed by atoms with van der Waals surface area (Å²) in [5.41, 5.74) is 1.36. The molecule has 0 aliphatic rings. The topological polar surface area (TPSA) is 66.5 Å². The van der Waals surface area contributed by atoms with Crippen LogP contribution < -0.4 is 9.62 Å². The lowest BCUT2D eigenvalue weighted by atomic mass is 10.2. The number of hydrogen-bond donors (Lipinski definition) is 1. The van der Waals surface area contributed by atoms with Crippen LogP contribution in [0.15, 0.2) is 88.7 Å². The molecule has 0 aromatic heterocycles. The maximum absolute atomic E-state index is 13.3. The molecule has 0 unspecified atom stereocenters. The molecule has 8 heteroatoms. The van der Waals surface area contributed by atoms with E-state index >= 15 is 0 Å². The number of benzene rings is 3. The lowest BCUT2D eigenvalue weighted by Crippen LogP contribution is -2.41. The van der Waals surface area contributed by atoms with Crippen molar-refractivity contribution in [2.24, 2.45) is 0 Å². The van der Waals surface area contributed by atoms with Gasteiger partial charge >= 0.3 is 0 Å². The minimum absolute atomic E-state index is 0.141. The number of rotatable bonds is 9. The molecule has 0 bridgehead atoms.